The highest BCUT2D eigenvalue weighted by molar-refractivity contribution is 7.80. The quantitative estimate of drug-likeness (QED) is 0.492. The molecule has 1 aromatic heterocycles. The van der Waals surface area contributed by atoms with Crippen molar-refractivity contribution in [2.24, 2.45) is 0 Å². The molecule has 0 saturated carbocycles. The number of morpholine rings is 1. The van der Waals surface area contributed by atoms with Crippen molar-refractivity contribution in [1.29, 1.82) is 0 Å². The number of pyridine rings is 1. The lowest BCUT2D eigenvalue weighted by Gasteiger charge is -2.29. The lowest BCUT2D eigenvalue weighted by atomic mass is 10.0. The van der Waals surface area contributed by atoms with E-state index in [1.807, 2.05) is 31.2 Å². The molecule has 0 radical (unpaired) electrons. The van der Waals surface area contributed by atoms with Gasteiger partial charge in [-0.2, -0.15) is 0 Å². The van der Waals surface area contributed by atoms with Gasteiger partial charge in [-0.3, -0.25) is 9.69 Å². The molecule has 1 aliphatic heterocycles. The average Bonchev–Trinajstić information content (AvgIpc) is 2.82. The van der Waals surface area contributed by atoms with Crippen molar-refractivity contribution in [2.75, 3.05) is 44.7 Å². The first-order valence-electron chi connectivity index (χ1n) is 12.0. The van der Waals surface area contributed by atoms with Gasteiger partial charge < -0.3 is 19.9 Å². The number of nitrogens with zero attached hydrogens (tertiary/aromatic N) is 2. The van der Waals surface area contributed by atoms with E-state index in [2.05, 4.69) is 52.1 Å². The van der Waals surface area contributed by atoms with Crippen LogP contribution in [0.3, 0.4) is 0 Å². The number of hydrogen-bond acceptors (Lipinski definition) is 4. The van der Waals surface area contributed by atoms with Gasteiger partial charge in [-0.25, -0.2) is 0 Å². The largest absolute Gasteiger partial charge is 0.379 e. The van der Waals surface area contributed by atoms with E-state index in [4.69, 9.17) is 17.0 Å². The zero-order valence-electron chi connectivity index (χ0n) is 20.3. The van der Waals surface area contributed by atoms with Crippen molar-refractivity contribution in [1.82, 2.24) is 14.8 Å². The van der Waals surface area contributed by atoms with Gasteiger partial charge >= 0.3 is 0 Å². The lowest BCUT2D eigenvalue weighted by molar-refractivity contribution is 0.0367. The van der Waals surface area contributed by atoms with Crippen molar-refractivity contribution < 1.29 is 4.74 Å². The number of thiocarbonyl (C=S) groups is 1. The molecule has 0 atom stereocenters. The minimum absolute atomic E-state index is 0.0577. The van der Waals surface area contributed by atoms with Crippen LogP contribution in [0.5, 0.6) is 0 Å². The monoisotopic (exact) mass is 478 g/mol. The Morgan fingerprint density at radius 3 is 2.65 bits per heavy atom. The standard InChI is InChI=1S/C27H34N4O2S/c1-19-6-4-7-23(16-19)28-27(34)31(11-5-10-30-12-14-33-15-13-30)18-22-17-24-20(2)8-9-21(3)25(24)29-26(22)32/h4,6-9,16-17H,5,10-15,18H2,1-3H3,(H,28,34)(H,29,32). The first-order valence-corrected chi connectivity index (χ1v) is 12.4. The molecule has 0 spiro atoms. The number of H-pyrrole nitrogens is 1. The summed E-state index contributed by atoms with van der Waals surface area (Å²) < 4.78 is 5.47. The summed E-state index contributed by atoms with van der Waals surface area (Å²) in [6.07, 6.45) is 0.958. The third-order valence-electron chi connectivity index (χ3n) is 6.44. The number of aryl methyl sites for hydroxylation is 3. The molecule has 34 heavy (non-hydrogen) atoms. The minimum atomic E-state index is -0.0577. The summed E-state index contributed by atoms with van der Waals surface area (Å²) in [6.45, 7) is 11.9. The van der Waals surface area contributed by atoms with Gasteiger partial charge in [-0.05, 0) is 74.3 Å². The third kappa shape index (κ3) is 6.03. The van der Waals surface area contributed by atoms with Crippen molar-refractivity contribution in [3.8, 4) is 0 Å². The number of ether oxygens (including phenoxy) is 1. The first-order chi connectivity index (χ1) is 16.4. The molecule has 2 N–H and O–H groups in total. The molecular weight excluding hydrogens is 444 g/mol. The Morgan fingerprint density at radius 2 is 1.88 bits per heavy atom. The van der Waals surface area contributed by atoms with Gasteiger partial charge in [0.05, 0.1) is 25.3 Å². The molecule has 1 fully saturated rings. The molecule has 1 aliphatic rings. The van der Waals surface area contributed by atoms with Crippen LogP contribution in [0.1, 0.15) is 28.7 Å². The fourth-order valence-corrected chi connectivity index (χ4v) is 4.70. The molecule has 180 valence electrons. The Morgan fingerprint density at radius 1 is 1.12 bits per heavy atom. The van der Waals surface area contributed by atoms with E-state index >= 15 is 0 Å². The van der Waals surface area contributed by atoms with E-state index in [9.17, 15) is 4.79 Å². The van der Waals surface area contributed by atoms with Crippen LogP contribution < -0.4 is 10.9 Å². The smallest absolute Gasteiger partial charge is 0.253 e. The summed E-state index contributed by atoms with van der Waals surface area (Å²) >= 11 is 5.82. The molecule has 2 aromatic carbocycles. The van der Waals surface area contributed by atoms with E-state index < -0.39 is 0 Å². The van der Waals surface area contributed by atoms with Gasteiger partial charge in [0.15, 0.2) is 5.11 Å². The fourth-order valence-electron chi connectivity index (χ4n) is 4.43. The molecule has 0 amide bonds. The van der Waals surface area contributed by atoms with E-state index in [0.29, 0.717) is 11.7 Å². The van der Waals surface area contributed by atoms with Gasteiger partial charge in [0.25, 0.3) is 5.56 Å². The molecule has 0 unspecified atom stereocenters. The number of nitrogens with one attached hydrogen (secondary N) is 2. The Bertz CT molecular complexity index is 1220. The SMILES string of the molecule is Cc1cccc(NC(=S)N(CCCN2CCOCC2)Cc2cc3c(C)ccc(C)c3[nH]c2=O)c1. The summed E-state index contributed by atoms with van der Waals surface area (Å²) in [5.74, 6) is 0. The maximum Gasteiger partial charge on any atom is 0.253 e. The number of fused-ring (bicyclic) bond motifs is 1. The molecule has 0 aliphatic carbocycles. The second kappa shape index (κ2) is 11.1. The van der Waals surface area contributed by atoms with Crippen molar-refractivity contribution in [2.45, 2.75) is 33.7 Å². The van der Waals surface area contributed by atoms with Crippen LogP contribution >= 0.6 is 12.2 Å². The van der Waals surface area contributed by atoms with Crippen molar-refractivity contribution in [3.05, 3.63) is 75.1 Å². The van der Waals surface area contributed by atoms with Crippen LogP contribution in [0.2, 0.25) is 0 Å². The second-order valence-electron chi connectivity index (χ2n) is 9.14. The van der Waals surface area contributed by atoms with E-state index in [-0.39, 0.29) is 5.56 Å². The number of rotatable bonds is 7. The first kappa shape index (κ1) is 24.4. The molecule has 4 rings (SSSR count). The maximum absolute atomic E-state index is 13.0. The van der Waals surface area contributed by atoms with E-state index in [1.54, 1.807) is 0 Å². The predicted molar refractivity (Wildman–Crippen MR) is 144 cm³/mol. The lowest BCUT2D eigenvalue weighted by Crippen LogP contribution is -2.40. The maximum atomic E-state index is 13.0. The highest BCUT2D eigenvalue weighted by atomic mass is 32.1. The third-order valence-corrected chi connectivity index (χ3v) is 6.80. The number of benzene rings is 2. The fraction of sp³-hybridized carbons (Fsp3) is 0.407. The average molecular weight is 479 g/mol. The van der Waals surface area contributed by atoms with Crippen LogP contribution in [-0.4, -0.2) is 59.3 Å². The summed E-state index contributed by atoms with van der Waals surface area (Å²) in [5.41, 5.74) is 5.93. The molecule has 7 heteroatoms. The number of hydrogen-bond donors (Lipinski definition) is 2. The number of anilines is 1. The van der Waals surface area contributed by atoms with E-state index in [1.165, 1.54) is 5.56 Å². The Kier molecular flexibility index (Phi) is 7.98. The molecule has 1 saturated heterocycles. The van der Waals surface area contributed by atoms with Gasteiger partial charge in [-0.1, -0.05) is 24.3 Å². The van der Waals surface area contributed by atoms with Crippen LogP contribution in [0, 0.1) is 20.8 Å². The van der Waals surface area contributed by atoms with Gasteiger partial charge in [0.2, 0.25) is 0 Å². The molecule has 0 bridgehead atoms. The Hall–Kier alpha value is -2.74. The van der Waals surface area contributed by atoms with Gasteiger partial charge in [-0.15, -0.1) is 0 Å². The second-order valence-corrected chi connectivity index (χ2v) is 9.53. The summed E-state index contributed by atoms with van der Waals surface area (Å²) in [7, 11) is 0. The zero-order valence-corrected chi connectivity index (χ0v) is 21.1. The topological polar surface area (TPSA) is 60.6 Å². The highest BCUT2D eigenvalue weighted by Gasteiger charge is 2.16. The molecule has 6 nitrogen and oxygen atoms in total. The van der Waals surface area contributed by atoms with Crippen molar-refractivity contribution >= 4 is 33.9 Å². The molecule has 2 heterocycles. The van der Waals surface area contributed by atoms with Crippen LogP contribution in [0.15, 0.2) is 47.3 Å². The number of aromatic nitrogens is 1. The normalized spacial score (nSPS) is 14.3. The molecule has 3 aromatic rings. The highest BCUT2D eigenvalue weighted by Crippen LogP contribution is 2.20. The van der Waals surface area contributed by atoms with Crippen LogP contribution in [0.4, 0.5) is 5.69 Å². The Labute approximate surface area is 206 Å². The van der Waals surface area contributed by atoms with Crippen molar-refractivity contribution in [3.63, 3.8) is 0 Å². The predicted octanol–water partition coefficient (Wildman–Crippen LogP) is 4.37. The summed E-state index contributed by atoms with van der Waals surface area (Å²) in [6, 6.07) is 14.3. The van der Waals surface area contributed by atoms with E-state index in [0.717, 1.165) is 79.1 Å². The number of aromatic amines is 1. The summed E-state index contributed by atoms with van der Waals surface area (Å²) in [5, 5.41) is 5.10. The minimum Gasteiger partial charge on any atom is -0.379 e. The van der Waals surface area contributed by atoms with Crippen LogP contribution in [-0.2, 0) is 11.3 Å². The van der Waals surface area contributed by atoms with Gasteiger partial charge in [0.1, 0.15) is 0 Å². The van der Waals surface area contributed by atoms with Gasteiger partial charge in [0, 0.05) is 42.8 Å². The Balaban J connectivity index is 1.55. The van der Waals surface area contributed by atoms with Crippen LogP contribution in [0.25, 0.3) is 10.9 Å². The molecular formula is C27H34N4O2S. The summed E-state index contributed by atoms with van der Waals surface area (Å²) in [4.78, 5) is 20.7. The zero-order chi connectivity index (χ0) is 24.1.